The Morgan fingerprint density at radius 1 is 1.21 bits per heavy atom. The number of rotatable bonds is 2. The fourth-order valence-electron chi connectivity index (χ4n) is 2.47. The van der Waals surface area contributed by atoms with E-state index in [2.05, 4.69) is 14.9 Å². The largest absolute Gasteiger partial charge is 0.478 e. The maximum Gasteiger partial charge on any atom is 0.337 e. The second kappa shape index (κ2) is 4.84. The third-order valence-electron chi connectivity index (χ3n) is 3.47. The van der Waals surface area contributed by atoms with E-state index in [0.717, 1.165) is 31.3 Å². The minimum Gasteiger partial charge on any atom is -0.478 e. The second-order valence-electron chi connectivity index (χ2n) is 4.77. The third kappa shape index (κ3) is 2.23. The van der Waals surface area contributed by atoms with Crippen molar-refractivity contribution < 1.29 is 9.90 Å². The van der Waals surface area contributed by atoms with E-state index in [9.17, 15) is 9.90 Å². The zero-order valence-corrected chi connectivity index (χ0v) is 10.5. The van der Waals surface area contributed by atoms with Gasteiger partial charge < -0.3 is 10.0 Å². The number of nitrogens with zero attached hydrogens (tertiary/aromatic N) is 3. The van der Waals surface area contributed by atoms with Gasteiger partial charge in [-0.3, -0.25) is 0 Å². The van der Waals surface area contributed by atoms with Gasteiger partial charge in [-0.05, 0) is 25.3 Å². The van der Waals surface area contributed by atoms with E-state index in [-0.39, 0.29) is 5.56 Å². The average molecular weight is 257 g/mol. The summed E-state index contributed by atoms with van der Waals surface area (Å²) in [6, 6.07) is 5.13. The highest BCUT2D eigenvalue weighted by atomic mass is 16.4. The van der Waals surface area contributed by atoms with Gasteiger partial charge in [0.25, 0.3) is 0 Å². The predicted octanol–water partition coefficient (Wildman–Crippen LogP) is 2.32. The van der Waals surface area contributed by atoms with Gasteiger partial charge in [-0.25, -0.2) is 14.8 Å². The Kier molecular flexibility index (Phi) is 3.03. The van der Waals surface area contributed by atoms with Crippen molar-refractivity contribution >= 4 is 22.8 Å². The molecule has 5 heteroatoms. The first-order chi connectivity index (χ1) is 9.25. The third-order valence-corrected chi connectivity index (χ3v) is 3.47. The van der Waals surface area contributed by atoms with Gasteiger partial charge in [0.2, 0.25) is 5.95 Å². The molecule has 3 rings (SSSR count). The fraction of sp³-hybridized carbons (Fsp3) is 0.357. The highest BCUT2D eigenvalue weighted by Gasteiger charge is 2.16. The molecule has 0 bridgehead atoms. The summed E-state index contributed by atoms with van der Waals surface area (Å²) in [4.78, 5) is 22.2. The van der Waals surface area contributed by atoms with Crippen LogP contribution in [0, 0.1) is 0 Å². The molecule has 0 radical (unpaired) electrons. The summed E-state index contributed by atoms with van der Waals surface area (Å²) in [5, 5.41) is 9.97. The smallest absolute Gasteiger partial charge is 0.337 e. The lowest BCUT2D eigenvalue weighted by molar-refractivity contribution is 0.0699. The highest BCUT2D eigenvalue weighted by Crippen LogP contribution is 2.21. The Morgan fingerprint density at radius 2 is 2.00 bits per heavy atom. The van der Waals surface area contributed by atoms with E-state index in [0.29, 0.717) is 11.5 Å². The molecule has 0 amide bonds. The van der Waals surface area contributed by atoms with Crippen molar-refractivity contribution in [3.63, 3.8) is 0 Å². The quantitative estimate of drug-likeness (QED) is 0.894. The molecule has 1 N–H and O–H groups in total. The van der Waals surface area contributed by atoms with Crippen molar-refractivity contribution in [2.75, 3.05) is 18.0 Å². The topological polar surface area (TPSA) is 66.3 Å². The summed E-state index contributed by atoms with van der Waals surface area (Å²) < 4.78 is 0. The molecule has 0 atom stereocenters. The van der Waals surface area contributed by atoms with E-state index in [1.807, 2.05) is 6.07 Å². The fourth-order valence-corrected chi connectivity index (χ4v) is 2.47. The van der Waals surface area contributed by atoms with Crippen molar-refractivity contribution in [3.05, 3.63) is 30.0 Å². The maximum atomic E-state index is 11.2. The minimum absolute atomic E-state index is 0.234. The zero-order chi connectivity index (χ0) is 13.2. The molecule has 19 heavy (non-hydrogen) atoms. The summed E-state index contributed by atoms with van der Waals surface area (Å²) >= 11 is 0. The first-order valence-corrected chi connectivity index (χ1v) is 6.50. The summed E-state index contributed by atoms with van der Waals surface area (Å²) in [5.74, 6) is -0.310. The first-order valence-electron chi connectivity index (χ1n) is 6.50. The van der Waals surface area contributed by atoms with Crippen LogP contribution < -0.4 is 4.90 Å². The molecule has 5 nitrogen and oxygen atoms in total. The van der Waals surface area contributed by atoms with E-state index < -0.39 is 5.97 Å². The number of aromatic carboxylic acids is 1. The molecule has 98 valence electrons. The lowest BCUT2D eigenvalue weighted by atomic mass is 10.1. The number of aromatic nitrogens is 2. The van der Waals surface area contributed by atoms with Crippen molar-refractivity contribution in [2.24, 2.45) is 0 Å². The van der Waals surface area contributed by atoms with Crippen LogP contribution in [0.5, 0.6) is 0 Å². The Balaban J connectivity index is 2.08. The lowest BCUT2D eigenvalue weighted by Crippen LogP contribution is -2.31. The number of carboxylic acids is 1. The van der Waals surface area contributed by atoms with Crippen molar-refractivity contribution in [3.8, 4) is 0 Å². The van der Waals surface area contributed by atoms with Crippen LogP contribution in [0.3, 0.4) is 0 Å². The summed E-state index contributed by atoms with van der Waals surface area (Å²) in [5.41, 5.74) is 0.753. The molecule has 1 saturated heterocycles. The number of piperidine rings is 1. The van der Waals surface area contributed by atoms with E-state index in [1.54, 1.807) is 18.3 Å². The Morgan fingerprint density at radius 3 is 2.74 bits per heavy atom. The van der Waals surface area contributed by atoms with Crippen LogP contribution in [0.25, 0.3) is 10.9 Å². The second-order valence-corrected chi connectivity index (χ2v) is 4.77. The minimum atomic E-state index is -0.950. The van der Waals surface area contributed by atoms with Crippen LogP contribution >= 0.6 is 0 Å². The molecule has 0 aliphatic carbocycles. The predicted molar refractivity (Wildman–Crippen MR) is 72.6 cm³/mol. The number of hydrogen-bond acceptors (Lipinski definition) is 4. The number of para-hydroxylation sites is 1. The van der Waals surface area contributed by atoms with E-state index in [4.69, 9.17) is 0 Å². The van der Waals surface area contributed by atoms with Gasteiger partial charge in [-0.2, -0.15) is 0 Å². The summed E-state index contributed by atoms with van der Waals surface area (Å²) in [6.45, 7) is 1.89. The molecule has 0 spiro atoms. The molecule has 1 aliphatic heterocycles. The van der Waals surface area contributed by atoms with Crippen LogP contribution in [0.4, 0.5) is 5.95 Å². The van der Waals surface area contributed by atoms with Crippen molar-refractivity contribution in [1.82, 2.24) is 9.97 Å². The molecule has 1 aromatic heterocycles. The molecule has 2 heterocycles. The molecule has 0 unspecified atom stereocenters. The molecule has 1 aromatic carbocycles. The summed E-state index contributed by atoms with van der Waals surface area (Å²) in [6.07, 6.45) is 5.23. The monoisotopic (exact) mass is 257 g/mol. The number of benzene rings is 1. The zero-order valence-electron chi connectivity index (χ0n) is 10.5. The SMILES string of the molecule is O=C(O)c1cccc2cnc(N3CCCCC3)nc12. The highest BCUT2D eigenvalue weighted by molar-refractivity contribution is 6.01. The number of fused-ring (bicyclic) bond motifs is 1. The first kappa shape index (κ1) is 11.9. The van der Waals surface area contributed by atoms with Gasteiger partial charge >= 0.3 is 5.97 Å². The molecule has 1 aliphatic rings. The maximum absolute atomic E-state index is 11.2. The summed E-state index contributed by atoms with van der Waals surface area (Å²) in [7, 11) is 0. The van der Waals surface area contributed by atoms with Crippen LogP contribution in [0.15, 0.2) is 24.4 Å². The van der Waals surface area contributed by atoms with Gasteiger partial charge in [-0.1, -0.05) is 12.1 Å². The number of hydrogen-bond donors (Lipinski definition) is 1. The lowest BCUT2D eigenvalue weighted by Gasteiger charge is -2.26. The van der Waals surface area contributed by atoms with Crippen LogP contribution in [0.2, 0.25) is 0 Å². The van der Waals surface area contributed by atoms with Crippen molar-refractivity contribution in [1.29, 1.82) is 0 Å². The average Bonchev–Trinajstić information content (AvgIpc) is 2.47. The van der Waals surface area contributed by atoms with Crippen LogP contribution in [-0.4, -0.2) is 34.1 Å². The van der Waals surface area contributed by atoms with Gasteiger partial charge in [0.15, 0.2) is 0 Å². The van der Waals surface area contributed by atoms with Crippen LogP contribution in [0.1, 0.15) is 29.6 Å². The molecule has 0 saturated carbocycles. The number of carbonyl (C=O) groups is 1. The van der Waals surface area contributed by atoms with E-state index >= 15 is 0 Å². The van der Waals surface area contributed by atoms with Crippen LogP contribution in [-0.2, 0) is 0 Å². The molecular weight excluding hydrogens is 242 g/mol. The van der Waals surface area contributed by atoms with Gasteiger partial charge in [0.1, 0.15) is 0 Å². The Hall–Kier alpha value is -2.17. The molecule has 1 fully saturated rings. The number of carboxylic acid groups (broad SMARTS) is 1. The van der Waals surface area contributed by atoms with Crippen molar-refractivity contribution in [2.45, 2.75) is 19.3 Å². The number of anilines is 1. The standard InChI is InChI=1S/C14H15N3O2/c18-13(19)11-6-4-5-10-9-15-14(16-12(10)11)17-7-2-1-3-8-17/h4-6,9H,1-3,7-8H2,(H,18,19). The van der Waals surface area contributed by atoms with E-state index in [1.165, 1.54) is 6.42 Å². The van der Waals surface area contributed by atoms with Gasteiger partial charge in [0, 0.05) is 24.7 Å². The Labute approximate surface area is 110 Å². The van der Waals surface area contributed by atoms with Gasteiger partial charge in [0.05, 0.1) is 11.1 Å². The molecule has 2 aromatic rings. The normalized spacial score (nSPS) is 15.7. The Bertz CT molecular complexity index is 621. The van der Waals surface area contributed by atoms with Gasteiger partial charge in [-0.15, -0.1) is 0 Å². The molecular formula is C14H15N3O2.